The molecule has 0 spiro atoms. The van der Waals surface area contributed by atoms with E-state index in [-0.39, 0.29) is 29.9 Å². The van der Waals surface area contributed by atoms with Gasteiger partial charge in [0, 0.05) is 0 Å². The smallest absolute Gasteiger partial charge is 0.374 e. The maximum atomic E-state index is 10.9. The Hall–Kier alpha value is -2.18. The van der Waals surface area contributed by atoms with Gasteiger partial charge >= 0.3 is 5.97 Å². The fraction of sp³-hybridized carbons (Fsp3) is 0.143. The van der Waals surface area contributed by atoms with Crippen molar-refractivity contribution >= 4 is 17.7 Å². The van der Waals surface area contributed by atoms with Crippen LogP contribution in [-0.2, 0) is 4.79 Å². The van der Waals surface area contributed by atoms with Crippen LogP contribution in [0.1, 0.15) is 10.6 Å². The van der Waals surface area contributed by atoms with Crippen molar-refractivity contribution in [3.05, 3.63) is 12.0 Å². The number of nitrogens with one attached hydrogen (secondary N) is 1. The van der Waals surface area contributed by atoms with E-state index in [1.54, 1.807) is 0 Å². The summed E-state index contributed by atoms with van der Waals surface area (Å²) in [5.41, 5.74) is 0. The number of aromatic nitrogens is 2. The number of hydrogen-bond donors (Lipinski definition) is 2. The number of fused-ring (bicyclic) bond motifs is 1. The van der Waals surface area contributed by atoms with Crippen molar-refractivity contribution in [3.8, 4) is 5.75 Å². The molecule has 1 aliphatic rings. The van der Waals surface area contributed by atoms with E-state index in [1.807, 2.05) is 0 Å². The number of anilines is 1. The molecule has 1 aromatic rings. The van der Waals surface area contributed by atoms with Crippen LogP contribution in [0, 0.1) is 0 Å². The molecule has 2 heterocycles. The van der Waals surface area contributed by atoms with Crippen molar-refractivity contribution in [2.24, 2.45) is 0 Å². The zero-order chi connectivity index (χ0) is 10.1. The molecule has 0 unspecified atom stereocenters. The minimum atomic E-state index is -1.26. The van der Waals surface area contributed by atoms with Crippen molar-refractivity contribution < 1.29 is 19.4 Å². The molecule has 0 aliphatic carbocycles. The van der Waals surface area contributed by atoms with Crippen LogP contribution in [0.4, 0.5) is 5.82 Å². The van der Waals surface area contributed by atoms with E-state index in [0.29, 0.717) is 0 Å². The quantitative estimate of drug-likeness (QED) is 0.626. The number of hydrogen-bond acceptors (Lipinski definition) is 5. The molecule has 0 atom stereocenters. The molecule has 0 radical (unpaired) electrons. The molecular weight excluding hydrogens is 190 g/mol. The van der Waals surface area contributed by atoms with Gasteiger partial charge in [0.05, 0.1) is 6.20 Å². The SMILES string of the molecule is O=C1COc2cnc(C(=O)O)nc2N1. The summed E-state index contributed by atoms with van der Waals surface area (Å²) < 4.78 is 4.94. The topological polar surface area (TPSA) is 101 Å². The molecule has 1 amide bonds. The number of ether oxygens (including phenoxy) is 1. The monoisotopic (exact) mass is 195 g/mol. The van der Waals surface area contributed by atoms with Gasteiger partial charge in [0.2, 0.25) is 5.82 Å². The van der Waals surface area contributed by atoms with Gasteiger partial charge in [-0.1, -0.05) is 0 Å². The Kier molecular flexibility index (Phi) is 1.77. The van der Waals surface area contributed by atoms with E-state index in [0.717, 1.165) is 0 Å². The van der Waals surface area contributed by atoms with Gasteiger partial charge in [-0.2, -0.15) is 0 Å². The Balaban J connectivity index is 2.42. The number of carboxylic acids is 1. The first kappa shape index (κ1) is 8.42. The van der Waals surface area contributed by atoms with Gasteiger partial charge in [-0.3, -0.25) is 4.79 Å². The molecule has 14 heavy (non-hydrogen) atoms. The first-order valence-electron chi connectivity index (χ1n) is 3.70. The van der Waals surface area contributed by atoms with E-state index in [9.17, 15) is 9.59 Å². The predicted molar refractivity (Wildman–Crippen MR) is 43.1 cm³/mol. The number of nitrogens with zero attached hydrogens (tertiary/aromatic N) is 2. The Morgan fingerprint density at radius 1 is 1.64 bits per heavy atom. The second-order valence-corrected chi connectivity index (χ2v) is 2.55. The Morgan fingerprint density at radius 2 is 2.43 bits per heavy atom. The van der Waals surface area contributed by atoms with Gasteiger partial charge in [0.15, 0.2) is 18.2 Å². The molecule has 7 heteroatoms. The zero-order valence-corrected chi connectivity index (χ0v) is 6.85. The van der Waals surface area contributed by atoms with E-state index in [2.05, 4.69) is 15.3 Å². The first-order valence-corrected chi connectivity index (χ1v) is 3.70. The summed E-state index contributed by atoms with van der Waals surface area (Å²) in [6, 6.07) is 0. The Bertz CT molecular complexity index is 417. The molecule has 1 aromatic heterocycles. The standard InChI is InChI=1S/C7H5N3O4/c11-4-2-14-3-1-8-6(7(12)13)10-5(3)9-4/h1H,2H2,(H,12,13)(H,8,9,10,11). The molecule has 2 N–H and O–H groups in total. The van der Waals surface area contributed by atoms with Gasteiger partial charge in [-0.05, 0) is 0 Å². The number of rotatable bonds is 1. The van der Waals surface area contributed by atoms with E-state index in [4.69, 9.17) is 9.84 Å². The van der Waals surface area contributed by atoms with Gasteiger partial charge in [-0.25, -0.2) is 14.8 Å². The van der Waals surface area contributed by atoms with Crippen molar-refractivity contribution in [2.75, 3.05) is 11.9 Å². The molecule has 0 fully saturated rings. The molecular formula is C7H5N3O4. The lowest BCUT2D eigenvalue weighted by Gasteiger charge is -2.15. The molecule has 7 nitrogen and oxygen atoms in total. The van der Waals surface area contributed by atoms with Gasteiger partial charge in [0.1, 0.15) is 0 Å². The molecule has 0 aromatic carbocycles. The highest BCUT2D eigenvalue weighted by molar-refractivity contribution is 5.94. The van der Waals surface area contributed by atoms with Gasteiger partial charge in [-0.15, -0.1) is 0 Å². The third kappa shape index (κ3) is 1.35. The molecule has 0 saturated heterocycles. The first-order chi connectivity index (χ1) is 6.66. The third-order valence-corrected chi connectivity index (χ3v) is 1.56. The molecule has 1 aliphatic heterocycles. The lowest BCUT2D eigenvalue weighted by molar-refractivity contribution is -0.118. The highest BCUT2D eigenvalue weighted by atomic mass is 16.5. The number of amides is 1. The second-order valence-electron chi connectivity index (χ2n) is 2.55. The summed E-state index contributed by atoms with van der Waals surface area (Å²) in [7, 11) is 0. The average molecular weight is 195 g/mol. The van der Waals surface area contributed by atoms with Crippen LogP contribution < -0.4 is 10.1 Å². The summed E-state index contributed by atoms with van der Waals surface area (Å²) in [5.74, 6) is -1.64. The number of carbonyl (C=O) groups is 2. The van der Waals surface area contributed by atoms with Crippen LogP contribution in [-0.4, -0.2) is 33.6 Å². The summed E-state index contributed by atoms with van der Waals surface area (Å²) in [6.45, 7) is -0.108. The minimum Gasteiger partial charge on any atom is -0.478 e. The van der Waals surface area contributed by atoms with Crippen molar-refractivity contribution in [3.63, 3.8) is 0 Å². The van der Waals surface area contributed by atoms with Crippen LogP contribution in [0.5, 0.6) is 5.75 Å². The fourth-order valence-corrected chi connectivity index (χ4v) is 0.980. The van der Waals surface area contributed by atoms with Crippen molar-refractivity contribution in [1.29, 1.82) is 0 Å². The van der Waals surface area contributed by atoms with Gasteiger partial charge in [0.25, 0.3) is 5.91 Å². The summed E-state index contributed by atoms with van der Waals surface area (Å²) in [6.07, 6.45) is 1.21. The Morgan fingerprint density at radius 3 is 3.14 bits per heavy atom. The minimum absolute atomic E-state index is 0.0913. The van der Waals surface area contributed by atoms with E-state index >= 15 is 0 Å². The van der Waals surface area contributed by atoms with Gasteiger partial charge < -0.3 is 15.2 Å². The lowest BCUT2D eigenvalue weighted by Crippen LogP contribution is -2.27. The number of carboxylic acid groups (broad SMARTS) is 1. The highest BCUT2D eigenvalue weighted by Crippen LogP contribution is 2.23. The van der Waals surface area contributed by atoms with Crippen LogP contribution in [0.25, 0.3) is 0 Å². The second kappa shape index (κ2) is 2.95. The Labute approximate surface area is 77.7 Å². The molecule has 2 rings (SSSR count). The van der Waals surface area contributed by atoms with E-state index in [1.165, 1.54) is 6.20 Å². The van der Waals surface area contributed by atoms with Crippen LogP contribution in [0.3, 0.4) is 0 Å². The molecule has 0 saturated carbocycles. The normalized spacial score (nSPS) is 13.9. The van der Waals surface area contributed by atoms with E-state index < -0.39 is 5.97 Å². The molecule has 72 valence electrons. The van der Waals surface area contributed by atoms with Crippen molar-refractivity contribution in [2.45, 2.75) is 0 Å². The maximum Gasteiger partial charge on any atom is 0.374 e. The largest absolute Gasteiger partial charge is 0.478 e. The predicted octanol–water partition coefficient (Wildman–Crippen LogP) is -0.494. The van der Waals surface area contributed by atoms with Crippen molar-refractivity contribution in [1.82, 2.24) is 9.97 Å². The maximum absolute atomic E-state index is 10.9. The lowest BCUT2D eigenvalue weighted by atomic mass is 10.4. The highest BCUT2D eigenvalue weighted by Gasteiger charge is 2.19. The number of carbonyl (C=O) groups excluding carboxylic acids is 1. The average Bonchev–Trinajstić information content (AvgIpc) is 2.16. The van der Waals surface area contributed by atoms with Crippen LogP contribution in [0.15, 0.2) is 6.20 Å². The van der Waals surface area contributed by atoms with Crippen LogP contribution >= 0.6 is 0 Å². The number of aromatic carboxylic acids is 1. The fourth-order valence-electron chi connectivity index (χ4n) is 0.980. The third-order valence-electron chi connectivity index (χ3n) is 1.56. The summed E-state index contributed by atoms with van der Waals surface area (Å²) in [5, 5.41) is 11.0. The van der Waals surface area contributed by atoms with Crippen LogP contribution in [0.2, 0.25) is 0 Å². The zero-order valence-electron chi connectivity index (χ0n) is 6.85. The summed E-state index contributed by atoms with van der Waals surface area (Å²) in [4.78, 5) is 28.5. The summed E-state index contributed by atoms with van der Waals surface area (Å²) >= 11 is 0. The molecule has 0 bridgehead atoms.